The first-order valence-corrected chi connectivity index (χ1v) is 6.33. The van der Waals surface area contributed by atoms with E-state index in [4.69, 9.17) is 5.11 Å². The number of pyridine rings is 1. The highest BCUT2D eigenvalue weighted by Gasteiger charge is 2.12. The van der Waals surface area contributed by atoms with Crippen molar-refractivity contribution in [3.63, 3.8) is 0 Å². The molecule has 20 heavy (non-hydrogen) atoms. The normalized spacial score (nSPS) is 10.6. The molecule has 2 heterocycles. The Morgan fingerprint density at radius 1 is 1.40 bits per heavy atom. The van der Waals surface area contributed by atoms with Crippen molar-refractivity contribution in [2.45, 2.75) is 13.8 Å². The summed E-state index contributed by atoms with van der Waals surface area (Å²) in [6.07, 6.45) is 3.25. The van der Waals surface area contributed by atoms with Crippen LogP contribution in [0.4, 0.5) is 5.82 Å². The second-order valence-electron chi connectivity index (χ2n) is 4.78. The SMILES string of the molecule is CC(C)CNc1cc(C(=O)O)nc(-c2cccnc2)n1. The fraction of sp³-hybridized carbons (Fsp3) is 0.286. The Balaban J connectivity index is 2.38. The molecular weight excluding hydrogens is 256 g/mol. The molecule has 0 saturated heterocycles. The zero-order valence-corrected chi connectivity index (χ0v) is 11.4. The molecule has 0 bridgehead atoms. The lowest BCUT2D eigenvalue weighted by atomic mass is 10.2. The number of aromatic nitrogens is 3. The van der Waals surface area contributed by atoms with Crippen molar-refractivity contribution in [3.8, 4) is 11.4 Å². The van der Waals surface area contributed by atoms with Gasteiger partial charge in [0.1, 0.15) is 5.82 Å². The molecule has 104 valence electrons. The van der Waals surface area contributed by atoms with Crippen LogP contribution in [0.1, 0.15) is 24.3 Å². The van der Waals surface area contributed by atoms with Crippen LogP contribution in [0.5, 0.6) is 0 Å². The van der Waals surface area contributed by atoms with Gasteiger partial charge in [0, 0.05) is 30.6 Å². The number of hydrogen-bond donors (Lipinski definition) is 2. The van der Waals surface area contributed by atoms with Gasteiger partial charge in [0.05, 0.1) is 0 Å². The van der Waals surface area contributed by atoms with Gasteiger partial charge in [0.2, 0.25) is 0 Å². The summed E-state index contributed by atoms with van der Waals surface area (Å²) < 4.78 is 0. The van der Waals surface area contributed by atoms with E-state index in [0.29, 0.717) is 29.7 Å². The minimum Gasteiger partial charge on any atom is -0.477 e. The first-order valence-electron chi connectivity index (χ1n) is 6.33. The average Bonchev–Trinajstić information content (AvgIpc) is 2.45. The molecule has 2 rings (SSSR count). The van der Waals surface area contributed by atoms with Crippen molar-refractivity contribution < 1.29 is 9.90 Å². The summed E-state index contributed by atoms with van der Waals surface area (Å²) >= 11 is 0. The third-order valence-electron chi connectivity index (χ3n) is 2.56. The summed E-state index contributed by atoms with van der Waals surface area (Å²) in [5, 5.41) is 12.2. The average molecular weight is 272 g/mol. The monoisotopic (exact) mass is 272 g/mol. The molecule has 2 N–H and O–H groups in total. The van der Waals surface area contributed by atoms with Crippen molar-refractivity contribution in [2.24, 2.45) is 5.92 Å². The lowest BCUT2D eigenvalue weighted by Gasteiger charge is -2.10. The zero-order chi connectivity index (χ0) is 14.5. The Morgan fingerprint density at radius 2 is 2.20 bits per heavy atom. The molecule has 0 saturated carbocycles. The zero-order valence-electron chi connectivity index (χ0n) is 11.4. The summed E-state index contributed by atoms with van der Waals surface area (Å²) in [6, 6.07) is 4.98. The number of hydrogen-bond acceptors (Lipinski definition) is 5. The standard InChI is InChI=1S/C14H16N4O2/c1-9(2)7-16-12-6-11(14(19)20)17-13(18-12)10-4-3-5-15-8-10/h3-6,8-9H,7H2,1-2H3,(H,19,20)(H,16,17,18). The Labute approximate surface area is 116 Å². The van der Waals surface area contributed by atoms with Crippen LogP contribution in [0.15, 0.2) is 30.6 Å². The fourth-order valence-corrected chi connectivity index (χ4v) is 1.58. The molecule has 0 aromatic carbocycles. The van der Waals surface area contributed by atoms with Gasteiger partial charge in [-0.15, -0.1) is 0 Å². The Bertz CT molecular complexity index is 599. The largest absolute Gasteiger partial charge is 0.477 e. The number of carboxylic acid groups (broad SMARTS) is 1. The van der Waals surface area contributed by atoms with Crippen LogP contribution in [0, 0.1) is 5.92 Å². The van der Waals surface area contributed by atoms with Gasteiger partial charge in [0.15, 0.2) is 11.5 Å². The molecule has 0 aliphatic rings. The van der Waals surface area contributed by atoms with E-state index in [-0.39, 0.29) is 5.69 Å². The first kappa shape index (κ1) is 13.9. The molecule has 0 radical (unpaired) electrons. The smallest absolute Gasteiger partial charge is 0.354 e. The van der Waals surface area contributed by atoms with Gasteiger partial charge in [-0.25, -0.2) is 14.8 Å². The summed E-state index contributed by atoms with van der Waals surface area (Å²) in [5.41, 5.74) is 0.647. The Hall–Kier alpha value is -2.50. The number of rotatable bonds is 5. The minimum atomic E-state index is -1.08. The molecule has 0 aliphatic carbocycles. The maximum Gasteiger partial charge on any atom is 0.354 e. The van der Waals surface area contributed by atoms with Gasteiger partial charge < -0.3 is 10.4 Å². The molecule has 2 aromatic rings. The molecule has 2 aromatic heterocycles. The van der Waals surface area contributed by atoms with Crippen molar-refractivity contribution >= 4 is 11.8 Å². The minimum absolute atomic E-state index is 0.0369. The Morgan fingerprint density at radius 3 is 2.80 bits per heavy atom. The predicted octanol–water partition coefficient (Wildman–Crippen LogP) is 2.30. The number of carboxylic acids is 1. The topological polar surface area (TPSA) is 88.0 Å². The van der Waals surface area contributed by atoms with Gasteiger partial charge in [-0.05, 0) is 18.1 Å². The van der Waals surface area contributed by atoms with Crippen LogP contribution < -0.4 is 5.32 Å². The lowest BCUT2D eigenvalue weighted by Crippen LogP contribution is -2.12. The molecule has 0 amide bonds. The summed E-state index contributed by atoms with van der Waals surface area (Å²) in [5.74, 6) is 0.208. The van der Waals surface area contributed by atoms with Crippen LogP contribution >= 0.6 is 0 Å². The van der Waals surface area contributed by atoms with Crippen LogP contribution in [-0.4, -0.2) is 32.6 Å². The fourth-order valence-electron chi connectivity index (χ4n) is 1.58. The van der Waals surface area contributed by atoms with E-state index in [2.05, 4.69) is 34.1 Å². The second-order valence-corrected chi connectivity index (χ2v) is 4.78. The number of anilines is 1. The molecular formula is C14H16N4O2. The van der Waals surface area contributed by atoms with Crippen LogP contribution in [-0.2, 0) is 0 Å². The second kappa shape index (κ2) is 6.10. The van der Waals surface area contributed by atoms with Crippen LogP contribution in [0.3, 0.4) is 0 Å². The van der Waals surface area contributed by atoms with E-state index in [1.54, 1.807) is 24.5 Å². The molecule has 0 fully saturated rings. The quantitative estimate of drug-likeness (QED) is 0.868. The molecule has 0 spiro atoms. The summed E-state index contributed by atoms with van der Waals surface area (Å²) in [6.45, 7) is 4.84. The van der Waals surface area contributed by atoms with E-state index in [9.17, 15) is 4.79 Å². The van der Waals surface area contributed by atoms with Gasteiger partial charge in [-0.3, -0.25) is 4.98 Å². The van der Waals surface area contributed by atoms with Gasteiger partial charge in [-0.1, -0.05) is 13.8 Å². The highest BCUT2D eigenvalue weighted by atomic mass is 16.4. The van der Waals surface area contributed by atoms with Crippen molar-refractivity contribution in [1.82, 2.24) is 15.0 Å². The van der Waals surface area contributed by atoms with E-state index in [0.717, 1.165) is 0 Å². The number of carbonyl (C=O) groups is 1. The first-order chi connectivity index (χ1) is 9.56. The van der Waals surface area contributed by atoms with Gasteiger partial charge >= 0.3 is 5.97 Å². The van der Waals surface area contributed by atoms with E-state index in [1.165, 1.54) is 6.07 Å². The van der Waals surface area contributed by atoms with E-state index < -0.39 is 5.97 Å². The van der Waals surface area contributed by atoms with Gasteiger partial charge in [-0.2, -0.15) is 0 Å². The lowest BCUT2D eigenvalue weighted by molar-refractivity contribution is 0.0690. The number of aromatic carboxylic acids is 1. The van der Waals surface area contributed by atoms with E-state index >= 15 is 0 Å². The highest BCUT2D eigenvalue weighted by molar-refractivity contribution is 5.86. The van der Waals surface area contributed by atoms with Crippen LogP contribution in [0.25, 0.3) is 11.4 Å². The number of nitrogens with zero attached hydrogens (tertiary/aromatic N) is 3. The number of nitrogens with one attached hydrogen (secondary N) is 1. The summed E-state index contributed by atoms with van der Waals surface area (Å²) in [4.78, 5) is 23.5. The third-order valence-corrected chi connectivity index (χ3v) is 2.56. The van der Waals surface area contributed by atoms with Gasteiger partial charge in [0.25, 0.3) is 0 Å². The molecule has 0 unspecified atom stereocenters. The maximum atomic E-state index is 11.1. The predicted molar refractivity (Wildman–Crippen MR) is 75.6 cm³/mol. The van der Waals surface area contributed by atoms with Crippen LogP contribution in [0.2, 0.25) is 0 Å². The van der Waals surface area contributed by atoms with Crippen molar-refractivity contribution in [1.29, 1.82) is 0 Å². The molecule has 6 nitrogen and oxygen atoms in total. The van der Waals surface area contributed by atoms with Crippen molar-refractivity contribution in [3.05, 3.63) is 36.3 Å². The van der Waals surface area contributed by atoms with E-state index in [1.807, 2.05) is 0 Å². The molecule has 0 aliphatic heterocycles. The van der Waals surface area contributed by atoms with Crippen molar-refractivity contribution in [2.75, 3.05) is 11.9 Å². The summed E-state index contributed by atoms with van der Waals surface area (Å²) in [7, 11) is 0. The highest BCUT2D eigenvalue weighted by Crippen LogP contribution is 2.17. The molecule has 6 heteroatoms. The third kappa shape index (κ3) is 3.50. The maximum absolute atomic E-state index is 11.1. The Kier molecular flexibility index (Phi) is 4.24. The molecule has 0 atom stereocenters.